The smallest absolute Gasteiger partial charge is 0.211 e. The predicted octanol–water partition coefficient (Wildman–Crippen LogP) is 3.06. The lowest BCUT2D eigenvalue weighted by Gasteiger charge is -2.07. The molecule has 0 fully saturated rings. The van der Waals surface area contributed by atoms with Crippen molar-refractivity contribution in [2.45, 2.75) is 0 Å². The van der Waals surface area contributed by atoms with Gasteiger partial charge >= 0.3 is 0 Å². The maximum absolute atomic E-state index is 12.8. The third-order valence-corrected chi connectivity index (χ3v) is 2.30. The Hall–Kier alpha value is -2.16. The highest BCUT2D eigenvalue weighted by molar-refractivity contribution is 5.84. The van der Waals surface area contributed by atoms with E-state index in [1.807, 2.05) is 18.2 Å². The Morgan fingerprint density at radius 2 is 1.69 bits per heavy atom. The Labute approximate surface area is 92.7 Å². The molecule has 0 saturated carbocycles. The molecule has 1 N–H and O–H groups in total. The molecule has 0 atom stereocenters. The van der Waals surface area contributed by atoms with Gasteiger partial charge in [0.1, 0.15) is 5.82 Å². The van der Waals surface area contributed by atoms with Gasteiger partial charge in [-0.3, -0.25) is 4.79 Å². The topological polar surface area (TPSA) is 29.1 Å². The number of hydrogen-bond acceptors (Lipinski definition) is 1. The van der Waals surface area contributed by atoms with Crippen LogP contribution >= 0.6 is 0 Å². The van der Waals surface area contributed by atoms with E-state index in [9.17, 15) is 9.18 Å². The number of carbonyl (C=O) groups excluding carboxylic acids is 1. The van der Waals surface area contributed by atoms with Gasteiger partial charge in [0, 0.05) is 11.3 Å². The van der Waals surface area contributed by atoms with E-state index in [4.69, 9.17) is 0 Å². The van der Waals surface area contributed by atoms with Gasteiger partial charge in [-0.2, -0.15) is 0 Å². The third kappa shape index (κ3) is 2.08. The third-order valence-electron chi connectivity index (χ3n) is 2.30. The molecule has 2 rings (SSSR count). The Morgan fingerprint density at radius 1 is 1.00 bits per heavy atom. The van der Waals surface area contributed by atoms with Crippen LogP contribution < -0.4 is 5.32 Å². The van der Waals surface area contributed by atoms with E-state index in [0.29, 0.717) is 12.1 Å². The fourth-order valence-electron chi connectivity index (χ4n) is 1.55. The molecule has 80 valence electrons. The van der Waals surface area contributed by atoms with E-state index in [1.165, 1.54) is 12.1 Å². The molecule has 16 heavy (non-hydrogen) atoms. The second-order valence-electron chi connectivity index (χ2n) is 3.31. The largest absolute Gasteiger partial charge is 0.328 e. The first-order valence-electron chi connectivity index (χ1n) is 4.86. The molecule has 0 bridgehead atoms. The summed E-state index contributed by atoms with van der Waals surface area (Å²) in [6.45, 7) is 0. The van der Waals surface area contributed by atoms with Gasteiger partial charge in [0.15, 0.2) is 0 Å². The number of amides is 1. The van der Waals surface area contributed by atoms with Crippen molar-refractivity contribution >= 4 is 12.1 Å². The zero-order valence-electron chi connectivity index (χ0n) is 8.48. The molecule has 0 aliphatic carbocycles. The van der Waals surface area contributed by atoms with E-state index < -0.39 is 0 Å². The highest BCUT2D eigenvalue weighted by Gasteiger charge is 2.03. The number of para-hydroxylation sites is 1. The molecule has 0 spiro atoms. The summed E-state index contributed by atoms with van der Waals surface area (Å²) in [7, 11) is 0. The maximum atomic E-state index is 12.8. The van der Waals surface area contributed by atoms with Crippen LogP contribution in [0.2, 0.25) is 0 Å². The van der Waals surface area contributed by atoms with Gasteiger partial charge in [-0.15, -0.1) is 0 Å². The van der Waals surface area contributed by atoms with Crippen LogP contribution in [0.15, 0.2) is 48.5 Å². The van der Waals surface area contributed by atoms with Crippen LogP contribution in [0.1, 0.15) is 0 Å². The molecule has 0 aromatic heterocycles. The van der Waals surface area contributed by atoms with Crippen molar-refractivity contribution < 1.29 is 9.18 Å². The van der Waals surface area contributed by atoms with E-state index in [0.717, 1.165) is 11.1 Å². The molecule has 2 nitrogen and oxygen atoms in total. The fourth-order valence-corrected chi connectivity index (χ4v) is 1.55. The molecular formula is C13H10FNO. The average Bonchev–Trinajstić information content (AvgIpc) is 2.32. The number of anilines is 1. The van der Waals surface area contributed by atoms with Crippen LogP contribution in [0.3, 0.4) is 0 Å². The minimum Gasteiger partial charge on any atom is -0.328 e. The van der Waals surface area contributed by atoms with E-state index in [-0.39, 0.29) is 5.82 Å². The lowest BCUT2D eigenvalue weighted by molar-refractivity contribution is -0.105. The van der Waals surface area contributed by atoms with Crippen molar-refractivity contribution in [3.05, 3.63) is 54.3 Å². The zero-order valence-corrected chi connectivity index (χ0v) is 8.48. The average molecular weight is 215 g/mol. The molecule has 3 heteroatoms. The molecule has 2 aromatic carbocycles. The Balaban J connectivity index is 2.46. The summed E-state index contributed by atoms with van der Waals surface area (Å²) in [5.41, 5.74) is 2.45. The summed E-state index contributed by atoms with van der Waals surface area (Å²) in [6.07, 6.45) is 0.627. The molecular weight excluding hydrogens is 205 g/mol. The minimum absolute atomic E-state index is 0.274. The normalized spacial score (nSPS) is 9.81. The number of nitrogens with one attached hydrogen (secondary N) is 1. The first-order valence-corrected chi connectivity index (χ1v) is 4.86. The van der Waals surface area contributed by atoms with Gasteiger partial charge in [0.25, 0.3) is 0 Å². The van der Waals surface area contributed by atoms with Crippen molar-refractivity contribution in [1.29, 1.82) is 0 Å². The van der Waals surface area contributed by atoms with Crippen LogP contribution in [0.5, 0.6) is 0 Å². The lowest BCUT2D eigenvalue weighted by Crippen LogP contribution is -1.95. The van der Waals surface area contributed by atoms with Gasteiger partial charge < -0.3 is 5.32 Å². The van der Waals surface area contributed by atoms with Gasteiger partial charge in [-0.05, 0) is 23.8 Å². The van der Waals surface area contributed by atoms with Crippen LogP contribution in [0.25, 0.3) is 11.1 Å². The monoisotopic (exact) mass is 215 g/mol. The fraction of sp³-hybridized carbons (Fsp3) is 0. The number of hydrogen-bond donors (Lipinski definition) is 1. The van der Waals surface area contributed by atoms with Crippen molar-refractivity contribution in [3.8, 4) is 11.1 Å². The molecule has 0 aliphatic heterocycles. The Kier molecular flexibility index (Phi) is 2.96. The van der Waals surface area contributed by atoms with E-state index in [1.54, 1.807) is 18.2 Å². The molecule has 0 radical (unpaired) electrons. The lowest BCUT2D eigenvalue weighted by atomic mass is 10.0. The van der Waals surface area contributed by atoms with Crippen LogP contribution in [0.4, 0.5) is 10.1 Å². The molecule has 0 aliphatic rings. The molecule has 2 aromatic rings. The molecule has 0 heterocycles. The van der Waals surface area contributed by atoms with Gasteiger partial charge in [-0.25, -0.2) is 4.39 Å². The summed E-state index contributed by atoms with van der Waals surface area (Å²) in [5, 5.41) is 2.61. The Bertz CT molecular complexity index is 494. The Morgan fingerprint density at radius 3 is 2.38 bits per heavy atom. The van der Waals surface area contributed by atoms with Crippen molar-refractivity contribution in [1.82, 2.24) is 0 Å². The van der Waals surface area contributed by atoms with Crippen LogP contribution in [-0.2, 0) is 4.79 Å². The second kappa shape index (κ2) is 4.57. The van der Waals surface area contributed by atoms with E-state index in [2.05, 4.69) is 5.32 Å². The highest BCUT2D eigenvalue weighted by Crippen LogP contribution is 2.27. The summed E-state index contributed by atoms with van der Waals surface area (Å²) >= 11 is 0. The maximum Gasteiger partial charge on any atom is 0.211 e. The van der Waals surface area contributed by atoms with Crippen molar-refractivity contribution in [2.75, 3.05) is 5.32 Å². The number of carbonyl (C=O) groups is 1. The molecule has 0 saturated heterocycles. The second-order valence-corrected chi connectivity index (χ2v) is 3.31. The summed E-state index contributed by atoms with van der Waals surface area (Å²) in [4.78, 5) is 10.4. The quantitative estimate of drug-likeness (QED) is 0.783. The SMILES string of the molecule is O=CNc1ccccc1-c1ccc(F)cc1. The summed E-state index contributed by atoms with van der Waals surface area (Å²) in [5.74, 6) is -0.274. The van der Waals surface area contributed by atoms with Crippen LogP contribution in [-0.4, -0.2) is 6.41 Å². The highest BCUT2D eigenvalue weighted by atomic mass is 19.1. The first kappa shape index (κ1) is 10.4. The summed E-state index contributed by atoms with van der Waals surface area (Å²) < 4.78 is 12.8. The van der Waals surface area contributed by atoms with Gasteiger partial charge in [-0.1, -0.05) is 30.3 Å². The van der Waals surface area contributed by atoms with Crippen LogP contribution in [0, 0.1) is 5.82 Å². The standard InChI is InChI=1S/C13H10FNO/c14-11-7-5-10(6-8-11)12-3-1-2-4-13(12)15-9-16/h1-9H,(H,15,16). The predicted molar refractivity (Wildman–Crippen MR) is 61.5 cm³/mol. The molecule has 0 unspecified atom stereocenters. The number of benzene rings is 2. The van der Waals surface area contributed by atoms with Gasteiger partial charge in [0.2, 0.25) is 6.41 Å². The van der Waals surface area contributed by atoms with Gasteiger partial charge in [0.05, 0.1) is 0 Å². The molecule has 1 amide bonds. The van der Waals surface area contributed by atoms with E-state index >= 15 is 0 Å². The minimum atomic E-state index is -0.274. The number of halogens is 1. The van der Waals surface area contributed by atoms with Crippen molar-refractivity contribution in [3.63, 3.8) is 0 Å². The summed E-state index contributed by atoms with van der Waals surface area (Å²) in [6, 6.07) is 13.5. The first-order chi connectivity index (χ1) is 7.81. The zero-order chi connectivity index (χ0) is 11.4. The van der Waals surface area contributed by atoms with Crippen molar-refractivity contribution in [2.24, 2.45) is 0 Å². The number of rotatable bonds is 3.